The van der Waals surface area contributed by atoms with Crippen molar-refractivity contribution in [2.75, 3.05) is 13.6 Å². The molecule has 2 heterocycles. The minimum absolute atomic E-state index is 1.10. The van der Waals surface area contributed by atoms with Crippen LogP contribution in [0.25, 0.3) is 0 Å². The Morgan fingerprint density at radius 3 is 3.50 bits per heavy atom. The number of fused-ring (bicyclic) bond motifs is 1. The Labute approximate surface area is 64.6 Å². The van der Waals surface area contributed by atoms with Gasteiger partial charge in [-0.15, -0.1) is 0 Å². The largest absolute Gasteiger partial charge is 0.301 e. The Kier molecular flexibility index (Phi) is 1.47. The molecule has 3 heteroatoms. The van der Waals surface area contributed by atoms with Gasteiger partial charge in [0.05, 0.1) is 0 Å². The van der Waals surface area contributed by atoms with Crippen LogP contribution in [-0.4, -0.2) is 22.9 Å². The Morgan fingerprint density at radius 2 is 2.60 bits per heavy atom. The summed E-state index contributed by atoms with van der Waals surface area (Å²) in [6, 6.07) is 0. The van der Waals surface area contributed by atoms with Gasteiger partial charge in [-0.05, 0) is 30.6 Å². The SMILES string of the molecule is CN1CCc2cnsc2C1. The molecule has 1 aliphatic rings. The quantitative estimate of drug-likeness (QED) is 0.557. The molecule has 0 saturated heterocycles. The molecule has 0 bridgehead atoms. The molecule has 0 atom stereocenters. The summed E-state index contributed by atoms with van der Waals surface area (Å²) in [7, 11) is 2.16. The van der Waals surface area contributed by atoms with Crippen molar-refractivity contribution in [3.05, 3.63) is 16.6 Å². The van der Waals surface area contributed by atoms with Crippen molar-refractivity contribution in [1.82, 2.24) is 9.27 Å². The number of likely N-dealkylation sites (N-methyl/N-ethyl adjacent to an activating group) is 1. The van der Waals surface area contributed by atoms with Gasteiger partial charge in [-0.1, -0.05) is 0 Å². The molecule has 0 spiro atoms. The molecule has 0 fully saturated rings. The minimum Gasteiger partial charge on any atom is -0.301 e. The van der Waals surface area contributed by atoms with Crippen molar-refractivity contribution in [2.45, 2.75) is 13.0 Å². The van der Waals surface area contributed by atoms with Gasteiger partial charge in [-0.3, -0.25) is 0 Å². The number of hydrogen-bond acceptors (Lipinski definition) is 3. The highest BCUT2D eigenvalue weighted by Gasteiger charge is 2.13. The Balaban J connectivity index is 2.30. The van der Waals surface area contributed by atoms with Gasteiger partial charge in [0.25, 0.3) is 0 Å². The molecule has 0 aliphatic carbocycles. The molecule has 54 valence electrons. The Hall–Kier alpha value is -0.410. The summed E-state index contributed by atoms with van der Waals surface area (Å²) in [6.07, 6.45) is 3.19. The van der Waals surface area contributed by atoms with Crippen molar-refractivity contribution in [3.8, 4) is 0 Å². The molecular weight excluding hydrogens is 144 g/mol. The first-order valence-electron chi connectivity index (χ1n) is 3.47. The average molecular weight is 154 g/mol. The smallest absolute Gasteiger partial charge is 0.0442 e. The van der Waals surface area contributed by atoms with Gasteiger partial charge in [-0.2, -0.15) is 0 Å². The van der Waals surface area contributed by atoms with Crippen molar-refractivity contribution in [2.24, 2.45) is 0 Å². The van der Waals surface area contributed by atoms with E-state index in [2.05, 4.69) is 16.3 Å². The molecule has 0 unspecified atom stereocenters. The van der Waals surface area contributed by atoms with Gasteiger partial charge in [0.1, 0.15) is 0 Å². The van der Waals surface area contributed by atoms with Gasteiger partial charge in [0.15, 0.2) is 0 Å². The summed E-state index contributed by atoms with van der Waals surface area (Å²) in [5.41, 5.74) is 1.46. The van der Waals surface area contributed by atoms with Gasteiger partial charge in [0.2, 0.25) is 0 Å². The second-order valence-corrected chi connectivity index (χ2v) is 3.65. The maximum absolute atomic E-state index is 4.15. The third kappa shape index (κ3) is 0.954. The van der Waals surface area contributed by atoms with Crippen LogP contribution in [0.15, 0.2) is 6.20 Å². The zero-order valence-electron chi connectivity index (χ0n) is 6.00. The van der Waals surface area contributed by atoms with E-state index in [0.29, 0.717) is 0 Å². The summed E-state index contributed by atoms with van der Waals surface area (Å²) in [4.78, 5) is 3.79. The highest BCUT2D eigenvalue weighted by Crippen LogP contribution is 2.20. The highest BCUT2D eigenvalue weighted by atomic mass is 32.1. The fourth-order valence-electron chi connectivity index (χ4n) is 1.25. The summed E-state index contributed by atoms with van der Waals surface area (Å²) < 4.78 is 4.15. The summed E-state index contributed by atoms with van der Waals surface area (Å²) in [6.45, 7) is 2.28. The fourth-order valence-corrected chi connectivity index (χ4v) is 2.11. The fraction of sp³-hybridized carbons (Fsp3) is 0.571. The van der Waals surface area contributed by atoms with Crippen LogP contribution < -0.4 is 0 Å². The molecule has 0 radical (unpaired) electrons. The van der Waals surface area contributed by atoms with E-state index in [9.17, 15) is 0 Å². The van der Waals surface area contributed by atoms with E-state index in [0.717, 1.165) is 6.54 Å². The normalized spacial score (nSPS) is 18.9. The van der Waals surface area contributed by atoms with Crippen molar-refractivity contribution < 1.29 is 0 Å². The molecule has 0 saturated carbocycles. The first-order valence-corrected chi connectivity index (χ1v) is 4.24. The molecule has 0 aromatic carbocycles. The van der Waals surface area contributed by atoms with E-state index in [1.54, 1.807) is 11.5 Å². The van der Waals surface area contributed by atoms with Crippen LogP contribution in [0.5, 0.6) is 0 Å². The van der Waals surface area contributed by atoms with Crippen LogP contribution in [0, 0.1) is 0 Å². The molecule has 2 rings (SSSR count). The Bertz CT molecular complexity index is 231. The van der Waals surface area contributed by atoms with Crippen LogP contribution in [0.3, 0.4) is 0 Å². The monoisotopic (exact) mass is 154 g/mol. The van der Waals surface area contributed by atoms with Crippen LogP contribution in [0.2, 0.25) is 0 Å². The van der Waals surface area contributed by atoms with E-state index in [1.165, 1.54) is 23.4 Å². The van der Waals surface area contributed by atoms with Crippen molar-refractivity contribution in [1.29, 1.82) is 0 Å². The summed E-state index contributed by atoms with van der Waals surface area (Å²) in [5, 5.41) is 0. The topological polar surface area (TPSA) is 16.1 Å². The first-order chi connectivity index (χ1) is 4.86. The molecule has 0 amide bonds. The minimum atomic E-state index is 1.10. The molecule has 2 nitrogen and oxygen atoms in total. The van der Waals surface area contributed by atoms with Crippen molar-refractivity contribution >= 4 is 11.5 Å². The highest BCUT2D eigenvalue weighted by molar-refractivity contribution is 7.05. The van der Waals surface area contributed by atoms with Gasteiger partial charge >= 0.3 is 0 Å². The van der Waals surface area contributed by atoms with E-state index in [-0.39, 0.29) is 0 Å². The maximum Gasteiger partial charge on any atom is 0.0442 e. The number of aromatic nitrogens is 1. The van der Waals surface area contributed by atoms with Gasteiger partial charge in [0, 0.05) is 24.2 Å². The van der Waals surface area contributed by atoms with Gasteiger partial charge < -0.3 is 4.90 Å². The third-order valence-corrected chi connectivity index (χ3v) is 2.73. The second kappa shape index (κ2) is 2.32. The van der Waals surface area contributed by atoms with E-state index in [1.807, 2.05) is 6.20 Å². The molecule has 1 aromatic heterocycles. The van der Waals surface area contributed by atoms with Gasteiger partial charge in [-0.25, -0.2) is 4.37 Å². The average Bonchev–Trinajstić information content (AvgIpc) is 2.33. The summed E-state index contributed by atoms with van der Waals surface area (Å²) >= 11 is 1.64. The molecular formula is C7H10N2S. The molecule has 1 aromatic rings. The van der Waals surface area contributed by atoms with Crippen LogP contribution in [-0.2, 0) is 13.0 Å². The van der Waals surface area contributed by atoms with E-state index in [4.69, 9.17) is 0 Å². The lowest BCUT2D eigenvalue weighted by Crippen LogP contribution is -2.24. The Morgan fingerprint density at radius 1 is 1.70 bits per heavy atom. The van der Waals surface area contributed by atoms with E-state index >= 15 is 0 Å². The number of hydrogen-bond donors (Lipinski definition) is 0. The second-order valence-electron chi connectivity index (χ2n) is 2.76. The lowest BCUT2D eigenvalue weighted by molar-refractivity contribution is 0.317. The van der Waals surface area contributed by atoms with Crippen LogP contribution in [0.1, 0.15) is 10.4 Å². The molecule has 0 N–H and O–H groups in total. The predicted molar refractivity (Wildman–Crippen MR) is 42.2 cm³/mol. The maximum atomic E-state index is 4.15. The lowest BCUT2D eigenvalue weighted by atomic mass is 10.1. The van der Waals surface area contributed by atoms with E-state index < -0.39 is 0 Å². The first kappa shape index (κ1) is 6.31. The molecule has 10 heavy (non-hydrogen) atoms. The zero-order valence-corrected chi connectivity index (χ0v) is 6.82. The zero-order chi connectivity index (χ0) is 6.97. The third-order valence-electron chi connectivity index (χ3n) is 1.91. The number of rotatable bonds is 0. The van der Waals surface area contributed by atoms with Crippen LogP contribution in [0.4, 0.5) is 0 Å². The predicted octanol–water partition coefficient (Wildman–Crippen LogP) is 1.13. The van der Waals surface area contributed by atoms with Crippen LogP contribution >= 0.6 is 11.5 Å². The standard InChI is InChI=1S/C7H10N2S/c1-9-3-2-6-4-8-10-7(6)5-9/h4H,2-3,5H2,1H3. The molecule has 1 aliphatic heterocycles. The van der Waals surface area contributed by atoms with Crippen molar-refractivity contribution in [3.63, 3.8) is 0 Å². The lowest BCUT2D eigenvalue weighted by Gasteiger charge is -2.20. The summed E-state index contributed by atoms with van der Waals surface area (Å²) in [5.74, 6) is 0. The number of nitrogens with zero attached hydrogens (tertiary/aromatic N) is 2.